The molecular formula is C19H23Cl2N3O3. The standard InChI is InChI=1S/C19H22ClN3O3.ClH/c20-14-5-3-13(4-6-14)16-15(18(24)25)17(22-26-16)23-10-2-8-19(12-23)7-1-9-21-11-19;/h3-6,21H,1-2,7-12H2,(H,24,25);1H. The maximum atomic E-state index is 12.0. The van der Waals surface area contributed by atoms with Gasteiger partial charge in [-0.05, 0) is 56.5 Å². The lowest BCUT2D eigenvalue weighted by atomic mass is 9.74. The van der Waals surface area contributed by atoms with E-state index in [1.54, 1.807) is 24.3 Å². The first-order valence-electron chi connectivity index (χ1n) is 9.03. The number of halogens is 2. The summed E-state index contributed by atoms with van der Waals surface area (Å²) in [7, 11) is 0. The first-order valence-corrected chi connectivity index (χ1v) is 9.40. The molecule has 1 spiro atoms. The van der Waals surface area contributed by atoms with E-state index in [-0.39, 0.29) is 29.1 Å². The molecule has 6 nitrogen and oxygen atoms in total. The number of aromatic nitrogens is 1. The zero-order valence-corrected chi connectivity index (χ0v) is 16.5. The predicted molar refractivity (Wildman–Crippen MR) is 107 cm³/mol. The molecule has 146 valence electrons. The van der Waals surface area contributed by atoms with Gasteiger partial charge < -0.3 is 19.8 Å². The molecule has 0 saturated carbocycles. The maximum absolute atomic E-state index is 12.0. The summed E-state index contributed by atoms with van der Waals surface area (Å²) in [5, 5.41) is 18.1. The zero-order chi connectivity index (χ0) is 18.1. The summed E-state index contributed by atoms with van der Waals surface area (Å²) in [5.41, 5.74) is 0.996. The van der Waals surface area contributed by atoms with E-state index >= 15 is 0 Å². The lowest BCUT2D eigenvalue weighted by Crippen LogP contribution is -2.51. The first kappa shape index (κ1) is 20.0. The molecule has 1 aromatic heterocycles. The third-order valence-electron chi connectivity index (χ3n) is 5.52. The first-order chi connectivity index (χ1) is 12.6. The topological polar surface area (TPSA) is 78.6 Å². The number of carboxylic acids is 1. The summed E-state index contributed by atoms with van der Waals surface area (Å²) in [6.45, 7) is 3.65. The zero-order valence-electron chi connectivity index (χ0n) is 14.9. The molecule has 2 aliphatic rings. The summed E-state index contributed by atoms with van der Waals surface area (Å²) in [4.78, 5) is 14.1. The van der Waals surface area contributed by atoms with Crippen LogP contribution >= 0.6 is 24.0 Å². The summed E-state index contributed by atoms with van der Waals surface area (Å²) in [6.07, 6.45) is 4.53. The number of nitrogens with zero attached hydrogens (tertiary/aromatic N) is 2. The summed E-state index contributed by atoms with van der Waals surface area (Å²) in [5.74, 6) is -0.301. The van der Waals surface area contributed by atoms with Crippen LogP contribution in [0.3, 0.4) is 0 Å². The lowest BCUT2D eigenvalue weighted by molar-refractivity contribution is 0.0697. The number of carboxylic acid groups (broad SMARTS) is 1. The van der Waals surface area contributed by atoms with Crippen molar-refractivity contribution >= 4 is 35.8 Å². The van der Waals surface area contributed by atoms with Crippen LogP contribution in [0.1, 0.15) is 36.0 Å². The molecule has 0 aliphatic carbocycles. The van der Waals surface area contributed by atoms with E-state index < -0.39 is 5.97 Å². The van der Waals surface area contributed by atoms with Gasteiger partial charge in [0.1, 0.15) is 0 Å². The Balaban J connectivity index is 0.00000210. The molecule has 1 atom stereocenters. The third-order valence-corrected chi connectivity index (χ3v) is 5.77. The quantitative estimate of drug-likeness (QED) is 0.791. The molecule has 0 bridgehead atoms. The third kappa shape index (κ3) is 3.93. The minimum absolute atomic E-state index is 0. The van der Waals surface area contributed by atoms with Crippen LogP contribution in [0.4, 0.5) is 5.82 Å². The number of hydrogen-bond acceptors (Lipinski definition) is 5. The molecule has 1 aromatic carbocycles. The van der Waals surface area contributed by atoms with Crippen LogP contribution in [-0.2, 0) is 0 Å². The molecule has 1 unspecified atom stereocenters. The maximum Gasteiger partial charge on any atom is 0.343 e. The molecule has 27 heavy (non-hydrogen) atoms. The van der Waals surface area contributed by atoms with Gasteiger partial charge in [-0.1, -0.05) is 16.8 Å². The number of anilines is 1. The van der Waals surface area contributed by atoms with E-state index in [0.29, 0.717) is 16.4 Å². The van der Waals surface area contributed by atoms with Crippen molar-refractivity contribution in [3.05, 3.63) is 34.9 Å². The van der Waals surface area contributed by atoms with Crippen LogP contribution in [0.2, 0.25) is 5.02 Å². The normalized spacial score (nSPS) is 22.5. The molecule has 4 rings (SSSR count). The van der Waals surface area contributed by atoms with Crippen LogP contribution in [0.15, 0.2) is 28.8 Å². The van der Waals surface area contributed by atoms with Crippen molar-refractivity contribution in [1.29, 1.82) is 0 Å². The van der Waals surface area contributed by atoms with Crippen molar-refractivity contribution in [3.8, 4) is 11.3 Å². The van der Waals surface area contributed by atoms with Crippen LogP contribution in [0.25, 0.3) is 11.3 Å². The summed E-state index contributed by atoms with van der Waals surface area (Å²) >= 11 is 5.93. The van der Waals surface area contributed by atoms with Crippen molar-refractivity contribution in [3.63, 3.8) is 0 Å². The molecule has 2 N–H and O–H groups in total. The monoisotopic (exact) mass is 411 g/mol. The Morgan fingerprint density at radius 2 is 2.00 bits per heavy atom. The van der Waals surface area contributed by atoms with E-state index in [1.165, 1.54) is 12.8 Å². The van der Waals surface area contributed by atoms with E-state index in [0.717, 1.165) is 39.0 Å². The van der Waals surface area contributed by atoms with Gasteiger partial charge in [0.25, 0.3) is 0 Å². The number of nitrogens with one attached hydrogen (secondary N) is 1. The largest absolute Gasteiger partial charge is 0.477 e. The fourth-order valence-corrected chi connectivity index (χ4v) is 4.38. The number of benzene rings is 1. The highest BCUT2D eigenvalue weighted by Crippen LogP contribution is 2.40. The van der Waals surface area contributed by atoms with Gasteiger partial charge in [0.05, 0.1) is 0 Å². The van der Waals surface area contributed by atoms with Crippen molar-refractivity contribution < 1.29 is 14.4 Å². The molecule has 2 saturated heterocycles. The fraction of sp³-hybridized carbons (Fsp3) is 0.474. The van der Waals surface area contributed by atoms with Gasteiger partial charge in [-0.25, -0.2) is 4.79 Å². The number of hydrogen-bond donors (Lipinski definition) is 2. The Bertz CT molecular complexity index is 796. The smallest absolute Gasteiger partial charge is 0.343 e. The molecule has 8 heteroatoms. The Morgan fingerprint density at radius 1 is 1.26 bits per heavy atom. The molecule has 0 amide bonds. The molecule has 2 aliphatic heterocycles. The van der Waals surface area contributed by atoms with Crippen LogP contribution in [-0.4, -0.2) is 42.4 Å². The minimum Gasteiger partial charge on any atom is -0.477 e. The number of aromatic carboxylic acids is 1. The Kier molecular flexibility index (Phi) is 5.99. The molecule has 2 fully saturated rings. The van der Waals surface area contributed by atoms with Crippen LogP contribution in [0, 0.1) is 5.41 Å². The minimum atomic E-state index is -1.02. The van der Waals surface area contributed by atoms with Crippen molar-refractivity contribution in [2.45, 2.75) is 25.7 Å². The average molecular weight is 412 g/mol. The van der Waals surface area contributed by atoms with Gasteiger partial charge in [0, 0.05) is 35.6 Å². The fourth-order valence-electron chi connectivity index (χ4n) is 4.26. The summed E-state index contributed by atoms with van der Waals surface area (Å²) < 4.78 is 5.48. The average Bonchev–Trinajstić information content (AvgIpc) is 3.08. The van der Waals surface area contributed by atoms with Gasteiger partial charge in [0.15, 0.2) is 17.1 Å². The van der Waals surface area contributed by atoms with E-state index in [4.69, 9.17) is 16.1 Å². The van der Waals surface area contributed by atoms with Crippen molar-refractivity contribution in [2.75, 3.05) is 31.1 Å². The lowest BCUT2D eigenvalue weighted by Gasteiger charge is -2.45. The number of piperidine rings is 2. The second-order valence-corrected chi connectivity index (χ2v) is 7.76. The number of carbonyl (C=O) groups is 1. The highest BCUT2D eigenvalue weighted by molar-refractivity contribution is 6.30. The van der Waals surface area contributed by atoms with E-state index in [2.05, 4.69) is 15.4 Å². The second-order valence-electron chi connectivity index (χ2n) is 7.33. The van der Waals surface area contributed by atoms with Gasteiger partial charge in [-0.3, -0.25) is 0 Å². The Hall–Kier alpha value is -1.76. The Morgan fingerprint density at radius 3 is 2.67 bits per heavy atom. The molecular weight excluding hydrogens is 389 g/mol. The van der Waals surface area contributed by atoms with Gasteiger partial charge in [-0.15, -0.1) is 12.4 Å². The van der Waals surface area contributed by atoms with Crippen molar-refractivity contribution in [1.82, 2.24) is 10.5 Å². The van der Waals surface area contributed by atoms with Gasteiger partial charge in [-0.2, -0.15) is 0 Å². The number of rotatable bonds is 3. The van der Waals surface area contributed by atoms with Gasteiger partial charge >= 0.3 is 5.97 Å². The predicted octanol–water partition coefficient (Wildman–Crippen LogP) is 4.09. The van der Waals surface area contributed by atoms with E-state index in [1.807, 2.05) is 0 Å². The van der Waals surface area contributed by atoms with Crippen LogP contribution < -0.4 is 10.2 Å². The van der Waals surface area contributed by atoms with Crippen molar-refractivity contribution in [2.24, 2.45) is 5.41 Å². The molecule has 2 aromatic rings. The second kappa shape index (κ2) is 8.09. The van der Waals surface area contributed by atoms with E-state index in [9.17, 15) is 9.90 Å². The van der Waals surface area contributed by atoms with Crippen LogP contribution in [0.5, 0.6) is 0 Å². The van der Waals surface area contributed by atoms with Gasteiger partial charge in [0.2, 0.25) is 0 Å². The molecule has 0 radical (unpaired) electrons. The molecule has 3 heterocycles. The Labute approximate surface area is 169 Å². The highest BCUT2D eigenvalue weighted by Gasteiger charge is 2.39. The highest BCUT2D eigenvalue weighted by atomic mass is 35.5. The SMILES string of the molecule is Cl.O=C(O)c1c(N2CCCC3(CCCNC3)C2)noc1-c1ccc(Cl)cc1. The summed E-state index contributed by atoms with van der Waals surface area (Å²) in [6, 6.07) is 6.94.